The minimum absolute atomic E-state index is 0.0223. The van der Waals surface area contributed by atoms with Crippen molar-refractivity contribution in [1.29, 1.82) is 0 Å². The van der Waals surface area contributed by atoms with Crippen LogP contribution in [-0.2, 0) is 16.0 Å². The van der Waals surface area contributed by atoms with E-state index in [0.29, 0.717) is 37.8 Å². The Morgan fingerprint density at radius 3 is 2.74 bits per heavy atom. The number of imidazole rings is 1. The molecule has 34 heavy (non-hydrogen) atoms. The molecule has 10 nitrogen and oxygen atoms in total. The molecule has 1 aromatic carbocycles. The minimum Gasteiger partial charge on any atom is -0.494 e. The molecular weight excluding hydrogens is 434 g/mol. The number of aryl methyl sites for hydroxylation is 2. The first-order valence-corrected chi connectivity index (χ1v) is 11.3. The molecule has 1 unspecified atom stereocenters. The first-order chi connectivity index (χ1) is 16.4. The normalized spacial score (nSPS) is 19.6. The van der Waals surface area contributed by atoms with E-state index < -0.39 is 5.54 Å². The van der Waals surface area contributed by atoms with Crippen molar-refractivity contribution >= 4 is 29.0 Å². The molecule has 5 rings (SSSR count). The van der Waals surface area contributed by atoms with Crippen LogP contribution in [0, 0.1) is 6.92 Å². The number of aromatic nitrogens is 4. The number of hydrogen-bond acceptors (Lipinski definition) is 8. The zero-order chi connectivity index (χ0) is 24.0. The zero-order valence-corrected chi connectivity index (χ0v) is 20.1. The first-order valence-electron chi connectivity index (χ1n) is 11.3. The van der Waals surface area contributed by atoms with Gasteiger partial charge >= 0.3 is 0 Å². The summed E-state index contributed by atoms with van der Waals surface area (Å²) in [5.74, 6) is 1.90. The van der Waals surface area contributed by atoms with Crippen LogP contribution in [0.5, 0.6) is 5.75 Å². The second-order valence-corrected chi connectivity index (χ2v) is 8.71. The number of nitrogens with zero attached hydrogens (tertiary/aromatic N) is 6. The molecule has 4 heterocycles. The molecule has 1 saturated heterocycles. The summed E-state index contributed by atoms with van der Waals surface area (Å²) in [5.41, 5.74) is 3.44. The number of benzene rings is 1. The summed E-state index contributed by atoms with van der Waals surface area (Å²) in [6.07, 6.45) is 5.00. The molecule has 0 aliphatic carbocycles. The van der Waals surface area contributed by atoms with Crippen molar-refractivity contribution in [2.75, 3.05) is 49.5 Å². The molecule has 2 aliphatic heterocycles. The van der Waals surface area contributed by atoms with Gasteiger partial charge in [-0.05, 0) is 25.5 Å². The maximum atomic E-state index is 13.3. The van der Waals surface area contributed by atoms with Crippen LogP contribution in [0.15, 0.2) is 30.7 Å². The second-order valence-electron chi connectivity index (χ2n) is 8.71. The van der Waals surface area contributed by atoms with Crippen LogP contribution >= 0.6 is 0 Å². The van der Waals surface area contributed by atoms with E-state index in [0.717, 1.165) is 34.3 Å². The molecule has 1 atom stereocenters. The third-order valence-corrected chi connectivity index (χ3v) is 6.70. The lowest BCUT2D eigenvalue weighted by Gasteiger charge is -2.45. The summed E-state index contributed by atoms with van der Waals surface area (Å²) < 4.78 is 13.2. The number of anilines is 4. The van der Waals surface area contributed by atoms with Crippen molar-refractivity contribution < 1.29 is 14.3 Å². The predicted molar refractivity (Wildman–Crippen MR) is 130 cm³/mol. The van der Waals surface area contributed by atoms with Crippen LogP contribution < -0.4 is 19.9 Å². The molecule has 10 heteroatoms. The average molecular weight is 464 g/mol. The molecule has 178 valence electrons. The van der Waals surface area contributed by atoms with Crippen LogP contribution in [0.1, 0.15) is 24.7 Å². The number of likely N-dealkylation sites (N-methyl/N-ethyl adjacent to an activating group) is 2. The Morgan fingerprint density at radius 1 is 1.26 bits per heavy atom. The van der Waals surface area contributed by atoms with Crippen LogP contribution in [0.4, 0.5) is 23.1 Å². The van der Waals surface area contributed by atoms with E-state index in [1.165, 1.54) is 0 Å². The van der Waals surface area contributed by atoms with E-state index in [-0.39, 0.29) is 5.91 Å². The van der Waals surface area contributed by atoms with Crippen molar-refractivity contribution in [3.63, 3.8) is 0 Å². The Morgan fingerprint density at radius 2 is 2.09 bits per heavy atom. The van der Waals surface area contributed by atoms with Crippen molar-refractivity contribution in [1.82, 2.24) is 19.5 Å². The molecule has 2 aromatic heterocycles. The van der Waals surface area contributed by atoms with Gasteiger partial charge in [-0.2, -0.15) is 4.98 Å². The molecule has 1 N–H and O–H groups in total. The fourth-order valence-electron chi connectivity index (χ4n) is 4.77. The number of nitrogens with one attached hydrogen (secondary N) is 1. The summed E-state index contributed by atoms with van der Waals surface area (Å²) in [5, 5.41) is 3.32. The predicted octanol–water partition coefficient (Wildman–Crippen LogP) is 2.86. The zero-order valence-electron chi connectivity index (χ0n) is 20.1. The summed E-state index contributed by atoms with van der Waals surface area (Å²) >= 11 is 0. The number of methoxy groups -OCH3 is 1. The topological polar surface area (TPSA) is 97.6 Å². The quantitative estimate of drug-likeness (QED) is 0.617. The lowest BCUT2D eigenvalue weighted by molar-refractivity contribution is -0.123. The fourth-order valence-corrected chi connectivity index (χ4v) is 4.77. The monoisotopic (exact) mass is 463 g/mol. The Hall–Kier alpha value is -3.66. The molecule has 0 saturated carbocycles. The van der Waals surface area contributed by atoms with Gasteiger partial charge in [0.05, 0.1) is 37.1 Å². The number of amides is 1. The van der Waals surface area contributed by atoms with E-state index in [1.807, 2.05) is 54.8 Å². The number of ether oxygens (including phenoxy) is 2. The van der Waals surface area contributed by atoms with Gasteiger partial charge in [-0.1, -0.05) is 6.92 Å². The number of hydrogen-bond donors (Lipinski definition) is 1. The highest BCUT2D eigenvalue weighted by atomic mass is 16.5. The highest BCUT2D eigenvalue weighted by Crippen LogP contribution is 2.43. The lowest BCUT2D eigenvalue weighted by atomic mass is 9.91. The summed E-state index contributed by atoms with van der Waals surface area (Å²) in [4.78, 5) is 30.8. The average Bonchev–Trinajstić information content (AvgIpc) is 3.51. The van der Waals surface area contributed by atoms with E-state index in [1.54, 1.807) is 25.4 Å². The highest BCUT2D eigenvalue weighted by Gasteiger charge is 2.52. The van der Waals surface area contributed by atoms with Gasteiger partial charge in [0.15, 0.2) is 5.82 Å². The van der Waals surface area contributed by atoms with Gasteiger partial charge in [0.2, 0.25) is 5.95 Å². The molecule has 1 spiro atoms. The van der Waals surface area contributed by atoms with Crippen LogP contribution in [-0.4, -0.2) is 65.4 Å². The molecule has 2 aliphatic rings. The number of carbonyl (C=O) groups is 1. The van der Waals surface area contributed by atoms with Crippen molar-refractivity contribution in [2.24, 2.45) is 0 Å². The molecule has 1 fully saturated rings. The van der Waals surface area contributed by atoms with Crippen LogP contribution in [0.25, 0.3) is 5.69 Å². The van der Waals surface area contributed by atoms with E-state index in [4.69, 9.17) is 19.4 Å². The molecule has 0 radical (unpaired) electrons. The third-order valence-electron chi connectivity index (χ3n) is 6.70. The van der Waals surface area contributed by atoms with Gasteiger partial charge in [0.25, 0.3) is 5.91 Å². The maximum absolute atomic E-state index is 13.3. The van der Waals surface area contributed by atoms with Gasteiger partial charge in [0.1, 0.15) is 17.0 Å². The van der Waals surface area contributed by atoms with Gasteiger partial charge in [-0.15, -0.1) is 0 Å². The maximum Gasteiger partial charge on any atom is 0.255 e. The summed E-state index contributed by atoms with van der Waals surface area (Å²) in [6, 6.07) is 5.82. The number of fused-ring (bicyclic) bond motifs is 1. The standard InChI is InChI=1S/C24H29N7O3/c1-6-17-20-21(30(4)24(9-10-34-13-24)22(32)29(20)3)28-23(27-17)26-16-7-8-18(19(11-16)33-5)31-12-15(2)25-14-31/h7-8,11-12,14H,6,9-10,13H2,1-5H3,(H,26,27,28). The fraction of sp³-hybridized carbons (Fsp3) is 0.417. The van der Waals surface area contributed by atoms with Crippen LogP contribution in [0.2, 0.25) is 0 Å². The van der Waals surface area contributed by atoms with Gasteiger partial charge in [0, 0.05) is 45.1 Å². The van der Waals surface area contributed by atoms with Crippen LogP contribution in [0.3, 0.4) is 0 Å². The van der Waals surface area contributed by atoms with Gasteiger partial charge in [-0.25, -0.2) is 9.97 Å². The third kappa shape index (κ3) is 3.37. The van der Waals surface area contributed by atoms with E-state index in [9.17, 15) is 4.79 Å². The van der Waals surface area contributed by atoms with E-state index in [2.05, 4.69) is 10.3 Å². The molecular formula is C24H29N7O3. The first kappa shape index (κ1) is 22.1. The van der Waals surface area contributed by atoms with Gasteiger partial charge < -0.3 is 29.2 Å². The highest BCUT2D eigenvalue weighted by molar-refractivity contribution is 6.08. The van der Waals surface area contributed by atoms with Crippen molar-refractivity contribution in [3.8, 4) is 11.4 Å². The van der Waals surface area contributed by atoms with E-state index >= 15 is 0 Å². The van der Waals surface area contributed by atoms with Crippen molar-refractivity contribution in [2.45, 2.75) is 32.2 Å². The van der Waals surface area contributed by atoms with Gasteiger partial charge in [-0.3, -0.25) is 4.79 Å². The van der Waals surface area contributed by atoms with Crippen molar-refractivity contribution in [3.05, 3.63) is 42.1 Å². The Balaban J connectivity index is 1.53. The SMILES string of the molecule is CCc1nc(Nc2ccc(-n3cnc(C)c3)c(OC)c2)nc2c1N(C)C(=O)C1(CCOC1)N2C. The Bertz CT molecular complexity index is 1250. The Kier molecular flexibility index (Phi) is 5.40. The minimum atomic E-state index is -0.730. The molecule has 1 amide bonds. The number of carbonyl (C=O) groups excluding carboxylic acids is 1. The smallest absolute Gasteiger partial charge is 0.255 e. The summed E-state index contributed by atoms with van der Waals surface area (Å²) in [7, 11) is 5.35. The molecule has 0 bridgehead atoms. The summed E-state index contributed by atoms with van der Waals surface area (Å²) in [6.45, 7) is 4.88. The molecule has 3 aromatic rings. The Labute approximate surface area is 198 Å². The second kappa shape index (κ2) is 8.28. The largest absolute Gasteiger partial charge is 0.494 e. The lowest BCUT2D eigenvalue weighted by Crippen LogP contribution is -2.62. The number of rotatable bonds is 5.